The van der Waals surface area contributed by atoms with Crippen molar-refractivity contribution in [3.05, 3.63) is 71.4 Å². The summed E-state index contributed by atoms with van der Waals surface area (Å²) in [6, 6.07) is 11.6. The lowest BCUT2D eigenvalue weighted by atomic mass is 9.97. The van der Waals surface area contributed by atoms with E-state index >= 15 is 0 Å². The van der Waals surface area contributed by atoms with Crippen LogP contribution in [0.3, 0.4) is 0 Å². The first-order chi connectivity index (χ1) is 13.4. The molecule has 28 heavy (non-hydrogen) atoms. The summed E-state index contributed by atoms with van der Waals surface area (Å²) in [6.07, 6.45) is -4.43. The van der Waals surface area contributed by atoms with Gasteiger partial charge in [-0.05, 0) is 30.2 Å². The number of carbonyl (C=O) groups is 2. The first-order valence-electron chi connectivity index (χ1n) is 8.69. The topological polar surface area (TPSA) is 65.2 Å². The van der Waals surface area contributed by atoms with Crippen molar-refractivity contribution in [1.29, 1.82) is 0 Å². The highest BCUT2D eigenvalue weighted by Crippen LogP contribution is 2.43. The largest absolute Gasteiger partial charge is 0.414 e. The molecule has 1 aliphatic heterocycles. The second-order valence-electron chi connectivity index (χ2n) is 6.58. The Hall–Kier alpha value is -3.29. The molecule has 0 spiro atoms. The van der Waals surface area contributed by atoms with Crippen molar-refractivity contribution >= 4 is 22.8 Å². The molecule has 0 radical (unpaired) electrons. The summed E-state index contributed by atoms with van der Waals surface area (Å²) in [5, 5.41) is 2.78. The molecule has 1 unspecified atom stereocenters. The van der Waals surface area contributed by atoms with Crippen molar-refractivity contribution in [3.63, 3.8) is 0 Å². The quantitative estimate of drug-likeness (QED) is 0.658. The van der Waals surface area contributed by atoms with E-state index in [1.165, 1.54) is 12.1 Å². The van der Waals surface area contributed by atoms with E-state index in [2.05, 4.69) is 10.3 Å². The Morgan fingerprint density at radius 2 is 1.71 bits per heavy atom. The van der Waals surface area contributed by atoms with Gasteiger partial charge in [0.1, 0.15) is 0 Å². The Kier molecular flexibility index (Phi) is 4.33. The summed E-state index contributed by atoms with van der Waals surface area (Å²) >= 11 is 0. The molecule has 5 nitrogen and oxygen atoms in total. The fraction of sp³-hybridized carbons (Fsp3) is 0.200. The Morgan fingerprint density at radius 3 is 2.43 bits per heavy atom. The molecular weight excluding hydrogens is 371 g/mol. The van der Waals surface area contributed by atoms with Crippen LogP contribution in [0.2, 0.25) is 0 Å². The molecule has 3 aromatic rings. The molecule has 144 valence electrons. The minimum atomic E-state index is -4.69. The highest BCUT2D eigenvalue weighted by Gasteiger charge is 2.50. The number of nitrogens with zero attached hydrogens (tertiary/aromatic N) is 1. The fourth-order valence-electron chi connectivity index (χ4n) is 3.63. The third kappa shape index (κ3) is 3.11. The number of hydrogen-bond acceptors (Lipinski definition) is 2. The molecule has 8 heteroatoms. The normalized spacial score (nSPS) is 16.7. The Morgan fingerprint density at radius 1 is 1.04 bits per heavy atom. The number of aromatic amines is 1. The lowest BCUT2D eigenvalue weighted by molar-refractivity contribution is -0.181. The molecule has 1 aliphatic rings. The molecule has 4 rings (SSSR count). The first-order valence-corrected chi connectivity index (χ1v) is 8.69. The van der Waals surface area contributed by atoms with Gasteiger partial charge in [-0.3, -0.25) is 10.1 Å². The van der Waals surface area contributed by atoms with Gasteiger partial charge in [0.05, 0.1) is 5.69 Å². The van der Waals surface area contributed by atoms with Crippen LogP contribution >= 0.6 is 0 Å². The number of para-hydroxylation sites is 1. The minimum absolute atomic E-state index is 0.0535. The average Bonchev–Trinajstić information content (AvgIpc) is 3.05. The van der Waals surface area contributed by atoms with E-state index in [-0.39, 0.29) is 24.2 Å². The monoisotopic (exact) mass is 387 g/mol. The summed E-state index contributed by atoms with van der Waals surface area (Å²) in [5.41, 5.74) is 1.28. The van der Waals surface area contributed by atoms with Crippen LogP contribution in [0.5, 0.6) is 0 Å². The minimum Gasteiger partial charge on any atom is -0.356 e. The van der Waals surface area contributed by atoms with Crippen LogP contribution in [0.1, 0.15) is 27.7 Å². The number of hydrogen-bond donors (Lipinski definition) is 2. The maximum Gasteiger partial charge on any atom is 0.414 e. The molecule has 0 aliphatic carbocycles. The van der Waals surface area contributed by atoms with Gasteiger partial charge in [0, 0.05) is 23.0 Å². The zero-order valence-corrected chi connectivity index (χ0v) is 14.6. The number of urea groups is 1. The predicted octanol–water partition coefficient (Wildman–Crippen LogP) is 4.18. The number of amides is 3. The summed E-state index contributed by atoms with van der Waals surface area (Å²) in [6.45, 7) is -0.146. The molecule has 1 aromatic heterocycles. The number of benzene rings is 2. The van der Waals surface area contributed by atoms with Crippen molar-refractivity contribution in [3.8, 4) is 0 Å². The molecule has 3 amide bonds. The predicted molar refractivity (Wildman–Crippen MR) is 96.8 cm³/mol. The van der Waals surface area contributed by atoms with Crippen molar-refractivity contribution in [2.75, 3.05) is 6.54 Å². The van der Waals surface area contributed by atoms with Gasteiger partial charge in [-0.1, -0.05) is 36.4 Å². The maximum atomic E-state index is 13.9. The van der Waals surface area contributed by atoms with Gasteiger partial charge in [-0.2, -0.15) is 13.2 Å². The van der Waals surface area contributed by atoms with Crippen LogP contribution in [0.15, 0.2) is 54.6 Å². The average molecular weight is 387 g/mol. The third-order valence-electron chi connectivity index (χ3n) is 4.86. The van der Waals surface area contributed by atoms with Crippen molar-refractivity contribution < 1.29 is 22.8 Å². The van der Waals surface area contributed by atoms with E-state index < -0.39 is 24.2 Å². The van der Waals surface area contributed by atoms with Crippen LogP contribution in [0.25, 0.3) is 10.9 Å². The molecule has 0 saturated heterocycles. The van der Waals surface area contributed by atoms with Crippen LogP contribution in [0.4, 0.5) is 18.0 Å². The summed E-state index contributed by atoms with van der Waals surface area (Å²) in [4.78, 5) is 28.2. The zero-order valence-electron chi connectivity index (χ0n) is 14.6. The number of fused-ring (bicyclic) bond motifs is 3. The Labute approximate surface area is 158 Å². The molecule has 1 atom stereocenters. The smallest absolute Gasteiger partial charge is 0.356 e. The molecule has 0 fully saturated rings. The highest BCUT2D eigenvalue weighted by molar-refractivity contribution is 6.04. The third-order valence-corrected chi connectivity index (χ3v) is 4.86. The standard InChI is InChI=1S/C20H16F3N3O2/c21-20(22,23)17-16-14(13-8-4-5-9-15(13)24-16)10-11-26(17)19(28)25-18(27)12-6-2-1-3-7-12/h1-9,17,24H,10-11H2,(H,25,27,28). The van der Waals surface area contributed by atoms with Gasteiger partial charge in [-0.25, -0.2) is 4.79 Å². The molecule has 0 saturated carbocycles. The number of halogens is 3. The van der Waals surface area contributed by atoms with E-state index in [0.717, 1.165) is 0 Å². The van der Waals surface area contributed by atoms with Gasteiger partial charge < -0.3 is 9.88 Å². The van der Waals surface area contributed by atoms with E-state index in [9.17, 15) is 22.8 Å². The number of aromatic nitrogens is 1. The summed E-state index contributed by atoms with van der Waals surface area (Å²) < 4.78 is 41.7. The van der Waals surface area contributed by atoms with E-state index in [4.69, 9.17) is 0 Å². The summed E-state index contributed by atoms with van der Waals surface area (Å²) in [5.74, 6) is -0.742. The van der Waals surface area contributed by atoms with Gasteiger partial charge in [-0.15, -0.1) is 0 Å². The van der Waals surface area contributed by atoms with Crippen molar-refractivity contribution in [1.82, 2.24) is 15.2 Å². The van der Waals surface area contributed by atoms with Gasteiger partial charge >= 0.3 is 12.2 Å². The lowest BCUT2D eigenvalue weighted by Gasteiger charge is -2.36. The van der Waals surface area contributed by atoms with Crippen LogP contribution in [-0.2, 0) is 6.42 Å². The second kappa shape index (κ2) is 6.70. The van der Waals surface area contributed by atoms with Crippen LogP contribution < -0.4 is 5.32 Å². The second-order valence-corrected chi connectivity index (χ2v) is 6.58. The van der Waals surface area contributed by atoms with Crippen LogP contribution in [0, 0.1) is 0 Å². The molecular formula is C20H16F3N3O2. The Balaban J connectivity index is 1.67. The van der Waals surface area contributed by atoms with E-state index in [1.807, 2.05) is 0 Å². The molecule has 2 heterocycles. The number of nitrogens with one attached hydrogen (secondary N) is 2. The summed E-state index contributed by atoms with van der Waals surface area (Å²) in [7, 11) is 0. The SMILES string of the molecule is O=C(NC(=O)N1CCc2c([nH]c3ccccc23)C1C(F)(F)F)c1ccccc1. The van der Waals surface area contributed by atoms with E-state index in [0.29, 0.717) is 21.4 Å². The van der Waals surface area contributed by atoms with E-state index in [1.54, 1.807) is 42.5 Å². The van der Waals surface area contributed by atoms with Crippen molar-refractivity contribution in [2.45, 2.75) is 18.6 Å². The highest BCUT2D eigenvalue weighted by atomic mass is 19.4. The number of H-pyrrole nitrogens is 1. The number of rotatable bonds is 1. The van der Waals surface area contributed by atoms with Crippen LogP contribution in [-0.4, -0.2) is 34.5 Å². The fourth-order valence-corrected chi connectivity index (χ4v) is 3.63. The number of alkyl halides is 3. The van der Waals surface area contributed by atoms with Gasteiger partial charge in [0.2, 0.25) is 0 Å². The zero-order chi connectivity index (χ0) is 19.9. The number of imide groups is 1. The molecule has 0 bridgehead atoms. The Bertz CT molecular complexity index is 1040. The van der Waals surface area contributed by atoms with Gasteiger partial charge in [0.15, 0.2) is 6.04 Å². The van der Waals surface area contributed by atoms with Gasteiger partial charge in [0.25, 0.3) is 5.91 Å². The molecule has 2 N–H and O–H groups in total. The lowest BCUT2D eigenvalue weighted by Crippen LogP contribution is -2.51. The van der Waals surface area contributed by atoms with Crippen molar-refractivity contribution in [2.24, 2.45) is 0 Å². The number of carbonyl (C=O) groups excluding carboxylic acids is 2. The molecule has 2 aromatic carbocycles. The first kappa shape index (κ1) is 18.1. The maximum absolute atomic E-state index is 13.9.